The van der Waals surface area contributed by atoms with E-state index < -0.39 is 18.8 Å². The quantitative estimate of drug-likeness (QED) is 0.675. The average Bonchev–Trinajstić information content (AvgIpc) is 2.97. The number of rotatable bonds is 7. The lowest BCUT2D eigenvalue weighted by molar-refractivity contribution is -0.174. The van der Waals surface area contributed by atoms with E-state index in [4.69, 9.17) is 5.11 Å². The summed E-state index contributed by atoms with van der Waals surface area (Å²) in [4.78, 5) is 16.4. The topological polar surface area (TPSA) is 77.6 Å². The molecule has 0 aliphatic heterocycles. The Hall–Kier alpha value is -2.26. The maximum absolute atomic E-state index is 12.2. The van der Waals surface area contributed by atoms with Gasteiger partial charge in [0.25, 0.3) is 0 Å². The van der Waals surface area contributed by atoms with Crippen molar-refractivity contribution in [2.45, 2.75) is 6.18 Å². The van der Waals surface area contributed by atoms with Gasteiger partial charge in [0.2, 0.25) is 0 Å². The third kappa shape index (κ3) is 5.43. The van der Waals surface area contributed by atoms with E-state index in [1.807, 2.05) is 6.07 Å². The number of alkyl halides is 3. The fourth-order valence-corrected chi connectivity index (χ4v) is 2.13. The van der Waals surface area contributed by atoms with Gasteiger partial charge in [-0.15, -0.1) is 0 Å². The van der Waals surface area contributed by atoms with E-state index in [1.165, 1.54) is 4.90 Å². The molecule has 1 heterocycles. The van der Waals surface area contributed by atoms with Gasteiger partial charge < -0.3 is 25.0 Å². The van der Waals surface area contributed by atoms with E-state index in [2.05, 4.69) is 15.0 Å². The summed E-state index contributed by atoms with van der Waals surface area (Å²) >= 11 is 0. The third-order valence-corrected chi connectivity index (χ3v) is 3.23. The normalized spacial score (nSPS) is 11.7. The molecular formula is C15H18F3N3O3. The molecule has 0 unspecified atom stereocenters. The van der Waals surface area contributed by atoms with Crippen molar-refractivity contribution in [3.8, 4) is 0 Å². The smallest absolute Gasteiger partial charge is 0.395 e. The first kappa shape index (κ1) is 18.1. The molecule has 2 aromatic rings. The number of aromatic nitrogens is 1. The number of aliphatic hydroxyl groups excluding tert-OH is 1. The lowest BCUT2D eigenvalue weighted by Crippen LogP contribution is -2.39. The fourth-order valence-electron chi connectivity index (χ4n) is 2.13. The molecule has 0 atom stereocenters. The van der Waals surface area contributed by atoms with Crippen LogP contribution in [0.15, 0.2) is 30.5 Å². The molecule has 3 N–H and O–H groups in total. The zero-order valence-corrected chi connectivity index (χ0v) is 12.8. The second-order valence-corrected chi connectivity index (χ2v) is 5.09. The molecule has 132 valence electrons. The molecule has 0 aliphatic carbocycles. The van der Waals surface area contributed by atoms with Crippen molar-refractivity contribution < 1.29 is 27.8 Å². The minimum atomic E-state index is -4.41. The second-order valence-electron chi connectivity index (χ2n) is 5.09. The number of carbonyl (C=O) groups is 1. The Morgan fingerprint density at radius 2 is 2.08 bits per heavy atom. The fraction of sp³-hybridized carbons (Fsp3) is 0.400. The van der Waals surface area contributed by atoms with Crippen LogP contribution in [0.2, 0.25) is 0 Å². The number of carbonyl (C=O) groups excluding carboxylic acids is 1. The number of benzene rings is 1. The van der Waals surface area contributed by atoms with Crippen LogP contribution in [0.1, 0.15) is 0 Å². The summed E-state index contributed by atoms with van der Waals surface area (Å²) in [6.07, 6.45) is -2.64. The number of aromatic amines is 1. The molecule has 2 amide bonds. The standard InChI is InChI=1S/C15H18F3N3O3/c16-15(17,18)10-24-8-6-21(5-7-22)14(23)20-12-1-2-13-11(9-12)3-4-19-13/h1-4,9,19,22H,5-8,10H2,(H,20,23). The monoisotopic (exact) mass is 345 g/mol. The lowest BCUT2D eigenvalue weighted by atomic mass is 10.2. The Morgan fingerprint density at radius 3 is 2.79 bits per heavy atom. The molecule has 0 saturated heterocycles. The van der Waals surface area contributed by atoms with Gasteiger partial charge in [-0.1, -0.05) is 0 Å². The van der Waals surface area contributed by atoms with Crippen molar-refractivity contribution in [3.05, 3.63) is 30.5 Å². The number of hydrogen-bond acceptors (Lipinski definition) is 3. The van der Waals surface area contributed by atoms with Crippen LogP contribution in [-0.2, 0) is 4.74 Å². The number of anilines is 1. The van der Waals surface area contributed by atoms with Crippen molar-refractivity contribution in [2.75, 3.05) is 38.2 Å². The van der Waals surface area contributed by atoms with Crippen LogP contribution >= 0.6 is 0 Å². The molecule has 0 bridgehead atoms. The highest BCUT2D eigenvalue weighted by atomic mass is 19.4. The second kappa shape index (κ2) is 8.02. The number of H-pyrrole nitrogens is 1. The van der Waals surface area contributed by atoms with Crippen LogP contribution in [-0.4, -0.2) is 60.1 Å². The van der Waals surface area contributed by atoms with Crippen LogP contribution in [0.4, 0.5) is 23.7 Å². The molecule has 0 aliphatic rings. The average molecular weight is 345 g/mol. The molecule has 0 radical (unpaired) electrons. The zero-order valence-electron chi connectivity index (χ0n) is 12.8. The van der Waals surface area contributed by atoms with Gasteiger partial charge in [-0.05, 0) is 24.3 Å². The van der Waals surface area contributed by atoms with Crippen molar-refractivity contribution in [1.82, 2.24) is 9.88 Å². The largest absolute Gasteiger partial charge is 0.411 e. The number of ether oxygens (including phenoxy) is 1. The maximum atomic E-state index is 12.2. The zero-order chi connectivity index (χ0) is 17.6. The number of nitrogens with zero attached hydrogens (tertiary/aromatic N) is 1. The lowest BCUT2D eigenvalue weighted by Gasteiger charge is -2.22. The molecule has 0 fully saturated rings. The number of urea groups is 1. The van der Waals surface area contributed by atoms with Crippen LogP contribution < -0.4 is 5.32 Å². The Kier molecular flexibility index (Phi) is 6.04. The number of aliphatic hydroxyl groups is 1. The van der Waals surface area contributed by atoms with Gasteiger partial charge in [-0.2, -0.15) is 13.2 Å². The summed E-state index contributed by atoms with van der Waals surface area (Å²) in [6.45, 7) is -2.01. The van der Waals surface area contributed by atoms with Gasteiger partial charge in [-0.25, -0.2) is 4.79 Å². The van der Waals surface area contributed by atoms with Crippen LogP contribution in [0.3, 0.4) is 0 Å². The van der Waals surface area contributed by atoms with Gasteiger partial charge in [0.15, 0.2) is 0 Å². The van der Waals surface area contributed by atoms with Crippen molar-refractivity contribution in [1.29, 1.82) is 0 Å². The van der Waals surface area contributed by atoms with E-state index in [-0.39, 0.29) is 26.3 Å². The van der Waals surface area contributed by atoms with Crippen LogP contribution in [0, 0.1) is 0 Å². The molecule has 9 heteroatoms. The van der Waals surface area contributed by atoms with E-state index >= 15 is 0 Å². The predicted octanol–water partition coefficient (Wildman–Crippen LogP) is 2.57. The Morgan fingerprint density at radius 1 is 1.29 bits per heavy atom. The third-order valence-electron chi connectivity index (χ3n) is 3.23. The number of amides is 2. The van der Waals surface area contributed by atoms with E-state index in [0.717, 1.165) is 10.9 Å². The van der Waals surface area contributed by atoms with Gasteiger partial charge in [-0.3, -0.25) is 0 Å². The summed E-state index contributed by atoms with van der Waals surface area (Å²) in [7, 11) is 0. The molecular weight excluding hydrogens is 327 g/mol. The number of halogens is 3. The maximum Gasteiger partial charge on any atom is 0.411 e. The number of hydrogen-bond donors (Lipinski definition) is 3. The summed E-state index contributed by atoms with van der Waals surface area (Å²) in [5, 5.41) is 12.6. The van der Waals surface area contributed by atoms with Crippen LogP contribution in [0.25, 0.3) is 10.9 Å². The SMILES string of the molecule is O=C(Nc1ccc2[nH]ccc2c1)N(CCO)CCOCC(F)(F)F. The molecule has 24 heavy (non-hydrogen) atoms. The summed E-state index contributed by atoms with van der Waals surface area (Å²) < 4.78 is 40.5. The number of fused-ring (bicyclic) bond motifs is 1. The highest BCUT2D eigenvalue weighted by Gasteiger charge is 2.27. The Labute approximate surface area is 136 Å². The summed E-state index contributed by atoms with van der Waals surface area (Å²) in [5.74, 6) is 0. The first-order valence-electron chi connectivity index (χ1n) is 7.27. The Bertz CT molecular complexity index is 673. The molecule has 1 aromatic heterocycles. The molecule has 2 rings (SSSR count). The molecule has 6 nitrogen and oxygen atoms in total. The van der Waals surface area contributed by atoms with Crippen LogP contribution in [0.5, 0.6) is 0 Å². The minimum Gasteiger partial charge on any atom is -0.395 e. The summed E-state index contributed by atoms with van der Waals surface area (Å²) in [6, 6.07) is 6.60. The van der Waals surface area contributed by atoms with Gasteiger partial charge in [0.1, 0.15) is 6.61 Å². The molecule has 1 aromatic carbocycles. The first-order valence-corrected chi connectivity index (χ1v) is 7.27. The van der Waals surface area contributed by atoms with Crippen molar-refractivity contribution >= 4 is 22.6 Å². The van der Waals surface area contributed by atoms with Gasteiger partial charge >= 0.3 is 12.2 Å². The predicted molar refractivity (Wildman–Crippen MR) is 82.9 cm³/mol. The molecule has 0 saturated carbocycles. The molecule has 0 spiro atoms. The van der Waals surface area contributed by atoms with E-state index in [0.29, 0.717) is 5.69 Å². The van der Waals surface area contributed by atoms with E-state index in [1.54, 1.807) is 24.4 Å². The van der Waals surface area contributed by atoms with Gasteiger partial charge in [0.05, 0.1) is 13.2 Å². The van der Waals surface area contributed by atoms with Gasteiger partial charge in [0, 0.05) is 35.9 Å². The minimum absolute atomic E-state index is 0.00634. The van der Waals surface area contributed by atoms with Crippen molar-refractivity contribution in [3.63, 3.8) is 0 Å². The Balaban J connectivity index is 1.90. The highest BCUT2D eigenvalue weighted by molar-refractivity contribution is 5.92. The highest BCUT2D eigenvalue weighted by Crippen LogP contribution is 2.18. The van der Waals surface area contributed by atoms with Crippen molar-refractivity contribution in [2.24, 2.45) is 0 Å². The number of nitrogens with one attached hydrogen (secondary N) is 2. The van der Waals surface area contributed by atoms with E-state index in [9.17, 15) is 18.0 Å². The summed E-state index contributed by atoms with van der Waals surface area (Å²) in [5.41, 5.74) is 1.46. The first-order chi connectivity index (χ1) is 11.4.